The highest BCUT2D eigenvalue weighted by Gasteiger charge is 2.21. The van der Waals surface area contributed by atoms with Gasteiger partial charge >= 0.3 is 0 Å². The molecule has 228 valence electrons. The summed E-state index contributed by atoms with van der Waals surface area (Å²) in [7, 11) is 0. The molecule has 0 atom stereocenters. The van der Waals surface area contributed by atoms with E-state index < -0.39 is 60.4 Å². The number of furan rings is 1. The molecule has 49 heavy (non-hydrogen) atoms. The van der Waals surface area contributed by atoms with Crippen molar-refractivity contribution in [3.8, 4) is 44.5 Å². The molecule has 1 aromatic heterocycles. The molecule has 0 aliphatic carbocycles. The number of hydrogen-bond acceptors (Lipinski definition) is 1. The van der Waals surface area contributed by atoms with Crippen LogP contribution >= 0.6 is 0 Å². The summed E-state index contributed by atoms with van der Waals surface area (Å²) >= 11 is 0. The van der Waals surface area contributed by atoms with Crippen molar-refractivity contribution in [1.82, 2.24) is 0 Å². The largest absolute Gasteiger partial charge is 0.455 e. The Morgan fingerprint density at radius 1 is 0.388 bits per heavy atom. The molecule has 1 heterocycles. The average Bonchev–Trinajstić information content (AvgIpc) is 3.67. The van der Waals surface area contributed by atoms with Crippen LogP contribution in [-0.4, -0.2) is 0 Å². The predicted octanol–water partition coefficient (Wildman–Crippen LogP) is 13.7. The Balaban J connectivity index is 1.29. The van der Waals surface area contributed by atoms with Gasteiger partial charge in [-0.3, -0.25) is 0 Å². The fraction of sp³-hybridized carbons (Fsp3) is 0. The molecule has 0 radical (unpaired) electrons. The standard InChI is InChI=1S/C48H30O/c1-2-13-33(14-3-1)37-20-10-22-43-47-42(21-11-23-44(47)49-48(37)43)46-40-18-8-6-16-38(40)45(39-17-7-9-19-41(39)46)34-27-24-32(25-28-34)36-29-26-31-12-4-5-15-35(31)30-36/h1-30H/i1D,2D,3D,10D,11D,13D,14D,20D,21D,22D,23D. The zero-order chi connectivity index (χ0) is 41.9. The third kappa shape index (κ3) is 4.40. The SMILES string of the molecule is [2H]c1c([2H])c([2H])c(-c2c([2H])c([2H])c([2H])c3c2oc2c([2H])c([2H])c([2H])c(-c4c5ccccc5c(-c5ccc(-c6ccc7ccccc7c6)cc5)c5ccccc45)c23)c([2H])c1[2H]. The van der Waals surface area contributed by atoms with Crippen molar-refractivity contribution in [3.63, 3.8) is 0 Å². The molecule has 1 heteroatoms. The smallest absolute Gasteiger partial charge is 0.143 e. The number of fused-ring (bicyclic) bond motifs is 6. The monoisotopic (exact) mass is 633 g/mol. The van der Waals surface area contributed by atoms with E-state index in [1.807, 2.05) is 60.7 Å². The Kier molecular flexibility index (Phi) is 4.25. The maximum absolute atomic E-state index is 9.50. The molecular formula is C48H30O. The van der Waals surface area contributed by atoms with E-state index in [2.05, 4.69) is 54.6 Å². The number of para-hydroxylation sites is 1. The van der Waals surface area contributed by atoms with E-state index >= 15 is 0 Å². The highest BCUT2D eigenvalue weighted by molar-refractivity contribution is 6.26. The second-order valence-corrected chi connectivity index (χ2v) is 12.0. The van der Waals surface area contributed by atoms with Crippen LogP contribution in [-0.2, 0) is 0 Å². The molecular weight excluding hydrogens is 593 g/mol. The lowest BCUT2D eigenvalue weighted by atomic mass is 9.84. The Bertz CT molecular complexity index is 3410. The lowest BCUT2D eigenvalue weighted by Gasteiger charge is -2.18. The van der Waals surface area contributed by atoms with Gasteiger partial charge in [0.25, 0.3) is 0 Å². The molecule has 0 saturated heterocycles. The van der Waals surface area contributed by atoms with Crippen LogP contribution < -0.4 is 0 Å². The minimum Gasteiger partial charge on any atom is -0.455 e. The van der Waals surface area contributed by atoms with Crippen LogP contribution in [0.15, 0.2) is 186 Å². The first-order valence-electron chi connectivity index (χ1n) is 21.4. The quantitative estimate of drug-likeness (QED) is 0.176. The summed E-state index contributed by atoms with van der Waals surface area (Å²) in [5, 5.41) is 5.45. The van der Waals surface area contributed by atoms with E-state index in [4.69, 9.17) is 16.8 Å². The Labute approximate surface area is 299 Å². The minimum absolute atomic E-state index is 0.0636. The third-order valence-electron chi connectivity index (χ3n) is 9.31. The lowest BCUT2D eigenvalue weighted by molar-refractivity contribution is 0.670. The summed E-state index contributed by atoms with van der Waals surface area (Å²) in [5.74, 6) is 0. The molecule has 0 fully saturated rings. The molecule has 0 saturated carbocycles. The van der Waals surface area contributed by atoms with Gasteiger partial charge in [-0.15, -0.1) is 0 Å². The number of benzene rings is 9. The summed E-state index contributed by atoms with van der Waals surface area (Å²) in [6.07, 6.45) is 0. The summed E-state index contributed by atoms with van der Waals surface area (Å²) < 4.78 is 103. The Hall–Kier alpha value is -6.44. The van der Waals surface area contributed by atoms with Crippen molar-refractivity contribution in [3.05, 3.63) is 182 Å². The van der Waals surface area contributed by atoms with Gasteiger partial charge in [0, 0.05) is 16.3 Å². The zero-order valence-electron chi connectivity index (χ0n) is 36.9. The van der Waals surface area contributed by atoms with Gasteiger partial charge < -0.3 is 4.42 Å². The molecule has 0 spiro atoms. The normalized spacial score (nSPS) is 14.8. The first-order chi connectivity index (χ1) is 28.9. The van der Waals surface area contributed by atoms with Crippen LogP contribution in [0.5, 0.6) is 0 Å². The second kappa shape index (κ2) is 11.1. The molecule has 10 rings (SSSR count). The van der Waals surface area contributed by atoms with Crippen LogP contribution in [0.25, 0.3) is 98.8 Å². The van der Waals surface area contributed by atoms with E-state index in [0.29, 0.717) is 16.3 Å². The van der Waals surface area contributed by atoms with Crippen molar-refractivity contribution in [1.29, 1.82) is 0 Å². The maximum atomic E-state index is 9.50. The number of rotatable bonds is 4. The van der Waals surface area contributed by atoms with Crippen LogP contribution in [0.2, 0.25) is 0 Å². The molecule has 9 aromatic carbocycles. The van der Waals surface area contributed by atoms with Crippen molar-refractivity contribution >= 4 is 54.3 Å². The van der Waals surface area contributed by atoms with Crippen LogP contribution in [0.4, 0.5) is 0 Å². The first kappa shape index (κ1) is 18.8. The van der Waals surface area contributed by atoms with E-state index in [1.165, 1.54) is 0 Å². The topological polar surface area (TPSA) is 13.1 Å². The highest BCUT2D eigenvalue weighted by atomic mass is 16.3. The van der Waals surface area contributed by atoms with Gasteiger partial charge in [-0.25, -0.2) is 0 Å². The van der Waals surface area contributed by atoms with E-state index in [9.17, 15) is 2.74 Å². The van der Waals surface area contributed by atoms with Gasteiger partial charge in [-0.2, -0.15) is 0 Å². The molecule has 0 aliphatic heterocycles. The fourth-order valence-corrected chi connectivity index (χ4v) is 7.12. The van der Waals surface area contributed by atoms with Crippen LogP contribution in [0.1, 0.15) is 15.1 Å². The molecule has 0 unspecified atom stereocenters. The van der Waals surface area contributed by atoms with Gasteiger partial charge in [0.2, 0.25) is 0 Å². The summed E-state index contributed by atoms with van der Waals surface area (Å²) in [5.41, 5.74) is 3.62. The molecule has 0 amide bonds. The minimum atomic E-state index is -0.652. The fourth-order valence-electron chi connectivity index (χ4n) is 7.12. The van der Waals surface area contributed by atoms with Gasteiger partial charge in [-0.1, -0.05) is 170 Å². The average molecular weight is 634 g/mol. The summed E-state index contributed by atoms with van der Waals surface area (Å²) in [6, 6.07) is 32.4. The van der Waals surface area contributed by atoms with Gasteiger partial charge in [0.05, 0.1) is 15.1 Å². The van der Waals surface area contributed by atoms with Crippen molar-refractivity contribution in [2.45, 2.75) is 0 Å². The number of hydrogen-bond donors (Lipinski definition) is 0. The Morgan fingerprint density at radius 3 is 1.71 bits per heavy atom. The lowest BCUT2D eigenvalue weighted by Crippen LogP contribution is -1.91. The van der Waals surface area contributed by atoms with E-state index in [0.717, 1.165) is 43.8 Å². The van der Waals surface area contributed by atoms with Gasteiger partial charge in [0.1, 0.15) is 11.2 Å². The molecule has 1 nitrogen and oxygen atoms in total. The first-order valence-corrected chi connectivity index (χ1v) is 15.9. The Morgan fingerprint density at radius 2 is 0.980 bits per heavy atom. The molecule has 0 aliphatic rings. The third-order valence-corrected chi connectivity index (χ3v) is 9.31. The highest BCUT2D eigenvalue weighted by Crippen LogP contribution is 2.47. The van der Waals surface area contributed by atoms with Crippen molar-refractivity contribution in [2.24, 2.45) is 0 Å². The van der Waals surface area contributed by atoms with Gasteiger partial charge in [-0.05, 0) is 83.4 Å². The van der Waals surface area contributed by atoms with Gasteiger partial charge in [0.15, 0.2) is 0 Å². The predicted molar refractivity (Wildman–Crippen MR) is 208 cm³/mol. The zero-order valence-corrected chi connectivity index (χ0v) is 25.9. The molecule has 0 N–H and O–H groups in total. The summed E-state index contributed by atoms with van der Waals surface area (Å²) in [6.45, 7) is 0. The van der Waals surface area contributed by atoms with Crippen LogP contribution in [0, 0.1) is 0 Å². The molecule has 10 aromatic rings. The van der Waals surface area contributed by atoms with Crippen LogP contribution in [0.3, 0.4) is 0 Å². The van der Waals surface area contributed by atoms with Crippen molar-refractivity contribution in [2.75, 3.05) is 0 Å². The van der Waals surface area contributed by atoms with Crippen molar-refractivity contribution < 1.29 is 19.5 Å². The maximum Gasteiger partial charge on any atom is 0.143 e. The second-order valence-electron chi connectivity index (χ2n) is 12.0. The van der Waals surface area contributed by atoms with E-state index in [-0.39, 0.29) is 44.7 Å². The van der Waals surface area contributed by atoms with E-state index in [1.54, 1.807) is 0 Å². The molecule has 0 bridgehead atoms. The summed E-state index contributed by atoms with van der Waals surface area (Å²) in [4.78, 5) is 0.